The van der Waals surface area contributed by atoms with Crippen molar-refractivity contribution in [3.63, 3.8) is 0 Å². The minimum absolute atomic E-state index is 0.0999. The van der Waals surface area contributed by atoms with Gasteiger partial charge in [-0.25, -0.2) is 0 Å². The Morgan fingerprint density at radius 1 is 0.903 bits per heavy atom. The van der Waals surface area contributed by atoms with E-state index in [9.17, 15) is 0 Å². The number of azide groups is 1. The molecule has 31 heavy (non-hydrogen) atoms. The third-order valence-corrected chi connectivity index (χ3v) is 11.2. The SMILES string of the molecule is CC(C)(C)[Si](Oc1cccc2c1CCC[C@H]2N=[N+]=[N-])(c1ccccc1)c1ccccc1. The van der Waals surface area contributed by atoms with Crippen LogP contribution in [-0.4, -0.2) is 8.32 Å². The summed E-state index contributed by atoms with van der Waals surface area (Å²) in [6.07, 6.45) is 2.83. The van der Waals surface area contributed by atoms with E-state index < -0.39 is 8.32 Å². The number of nitrogens with zero attached hydrogens (tertiary/aromatic N) is 3. The molecule has 1 aliphatic carbocycles. The topological polar surface area (TPSA) is 58.0 Å². The van der Waals surface area contributed by atoms with Gasteiger partial charge in [-0.05, 0) is 57.4 Å². The second-order valence-electron chi connectivity index (χ2n) is 9.20. The Hall–Kier alpha value is -3.01. The number of hydrogen-bond donors (Lipinski definition) is 0. The van der Waals surface area contributed by atoms with Crippen LogP contribution in [0.1, 0.15) is 50.8 Å². The molecule has 158 valence electrons. The van der Waals surface area contributed by atoms with Crippen molar-refractivity contribution in [1.29, 1.82) is 0 Å². The lowest BCUT2D eigenvalue weighted by Crippen LogP contribution is -2.69. The standard InChI is InChI=1S/C26H29N3OSi/c1-26(2,3)31(20-12-6-4-7-13-20,21-14-8-5-9-15-21)30-25-19-11-16-22-23(25)17-10-18-24(22)28-29-27/h4-9,11-16,19,24H,10,17-18H2,1-3H3/t24-/m1/s1. The third-order valence-electron chi connectivity index (χ3n) is 6.30. The molecule has 0 spiro atoms. The van der Waals surface area contributed by atoms with E-state index in [0.717, 1.165) is 30.6 Å². The summed E-state index contributed by atoms with van der Waals surface area (Å²) in [5.41, 5.74) is 11.3. The molecule has 4 nitrogen and oxygen atoms in total. The number of hydrogen-bond acceptors (Lipinski definition) is 2. The molecule has 0 radical (unpaired) electrons. The maximum absolute atomic E-state index is 9.04. The van der Waals surface area contributed by atoms with Crippen molar-refractivity contribution in [1.82, 2.24) is 0 Å². The summed E-state index contributed by atoms with van der Waals surface area (Å²) in [6, 6.07) is 27.5. The predicted octanol–water partition coefficient (Wildman–Crippen LogP) is 6.31. The van der Waals surface area contributed by atoms with Gasteiger partial charge in [0.05, 0.1) is 6.04 Å². The summed E-state index contributed by atoms with van der Waals surface area (Å²) in [5.74, 6) is 0.935. The zero-order chi connectivity index (χ0) is 21.9. The van der Waals surface area contributed by atoms with Crippen LogP contribution in [0.3, 0.4) is 0 Å². The average Bonchev–Trinajstić information content (AvgIpc) is 2.78. The Bertz CT molecular complexity index is 1050. The fourth-order valence-electron chi connectivity index (χ4n) is 4.88. The molecule has 5 heteroatoms. The first-order chi connectivity index (χ1) is 15.0. The van der Waals surface area contributed by atoms with Crippen LogP contribution in [0.2, 0.25) is 5.04 Å². The highest BCUT2D eigenvalue weighted by atomic mass is 28.4. The van der Waals surface area contributed by atoms with Crippen molar-refractivity contribution in [2.24, 2.45) is 5.11 Å². The smallest absolute Gasteiger partial charge is 0.319 e. The predicted molar refractivity (Wildman–Crippen MR) is 130 cm³/mol. The van der Waals surface area contributed by atoms with Crippen LogP contribution in [0.25, 0.3) is 10.4 Å². The number of benzene rings is 3. The zero-order valence-electron chi connectivity index (χ0n) is 18.5. The summed E-state index contributed by atoms with van der Waals surface area (Å²) < 4.78 is 7.27. The maximum Gasteiger partial charge on any atom is 0.319 e. The van der Waals surface area contributed by atoms with Crippen molar-refractivity contribution in [2.45, 2.75) is 51.1 Å². The van der Waals surface area contributed by atoms with Crippen LogP contribution in [-0.2, 0) is 6.42 Å². The Labute approximate surface area is 185 Å². The normalized spacial score (nSPS) is 16.2. The van der Waals surface area contributed by atoms with Gasteiger partial charge < -0.3 is 4.43 Å². The van der Waals surface area contributed by atoms with Crippen LogP contribution in [0.4, 0.5) is 0 Å². The van der Waals surface area contributed by atoms with Crippen LogP contribution in [0.5, 0.6) is 5.75 Å². The van der Waals surface area contributed by atoms with Crippen LogP contribution in [0.15, 0.2) is 84.0 Å². The molecule has 1 atom stereocenters. The number of rotatable bonds is 5. The first-order valence-electron chi connectivity index (χ1n) is 10.9. The molecule has 1 aliphatic rings. The van der Waals surface area contributed by atoms with Crippen LogP contribution >= 0.6 is 0 Å². The van der Waals surface area contributed by atoms with Gasteiger partial charge in [0.25, 0.3) is 0 Å². The molecule has 0 heterocycles. The monoisotopic (exact) mass is 427 g/mol. The van der Waals surface area contributed by atoms with Crippen molar-refractivity contribution in [3.8, 4) is 5.75 Å². The Morgan fingerprint density at radius 3 is 2.06 bits per heavy atom. The van der Waals surface area contributed by atoms with Gasteiger partial charge in [0.1, 0.15) is 5.75 Å². The number of fused-ring (bicyclic) bond motifs is 1. The average molecular weight is 428 g/mol. The first-order valence-corrected chi connectivity index (χ1v) is 12.8. The van der Waals surface area contributed by atoms with Crippen molar-refractivity contribution in [2.75, 3.05) is 0 Å². The lowest BCUT2D eigenvalue weighted by molar-refractivity contribution is 0.487. The summed E-state index contributed by atoms with van der Waals surface area (Å²) in [4.78, 5) is 3.09. The molecule has 0 aromatic heterocycles. The van der Waals surface area contributed by atoms with Gasteiger partial charge in [0, 0.05) is 4.91 Å². The summed E-state index contributed by atoms with van der Waals surface area (Å²) >= 11 is 0. The largest absolute Gasteiger partial charge is 0.534 e. The lowest BCUT2D eigenvalue weighted by Gasteiger charge is -2.43. The minimum Gasteiger partial charge on any atom is -0.534 e. The molecule has 0 unspecified atom stereocenters. The molecule has 0 aliphatic heterocycles. The van der Waals surface area contributed by atoms with Gasteiger partial charge in [0.15, 0.2) is 0 Å². The fraction of sp³-hybridized carbons (Fsp3) is 0.308. The molecule has 0 amide bonds. The minimum atomic E-state index is -2.69. The van der Waals surface area contributed by atoms with Gasteiger partial charge in [-0.15, -0.1) is 0 Å². The second kappa shape index (κ2) is 8.62. The van der Waals surface area contributed by atoms with E-state index in [0.29, 0.717) is 0 Å². The Morgan fingerprint density at radius 2 is 1.52 bits per heavy atom. The molecular weight excluding hydrogens is 398 g/mol. The quantitative estimate of drug-likeness (QED) is 0.204. The molecule has 0 bridgehead atoms. The molecule has 3 aromatic carbocycles. The van der Waals surface area contributed by atoms with E-state index in [4.69, 9.17) is 9.96 Å². The molecule has 0 saturated heterocycles. The highest BCUT2D eigenvalue weighted by molar-refractivity contribution is 7.00. The van der Waals surface area contributed by atoms with E-state index in [-0.39, 0.29) is 11.1 Å². The van der Waals surface area contributed by atoms with Gasteiger partial charge in [0.2, 0.25) is 0 Å². The molecule has 3 aromatic rings. The van der Waals surface area contributed by atoms with Gasteiger partial charge >= 0.3 is 8.32 Å². The summed E-state index contributed by atoms with van der Waals surface area (Å²) in [5, 5.41) is 6.48. The fourth-order valence-corrected chi connectivity index (χ4v) is 9.33. The van der Waals surface area contributed by atoms with Crippen LogP contribution in [0, 0.1) is 0 Å². The zero-order valence-corrected chi connectivity index (χ0v) is 19.5. The van der Waals surface area contributed by atoms with Crippen molar-refractivity contribution in [3.05, 3.63) is 100 Å². The third kappa shape index (κ3) is 3.87. The van der Waals surface area contributed by atoms with E-state index >= 15 is 0 Å². The molecular formula is C26H29N3OSi. The van der Waals surface area contributed by atoms with Gasteiger partial charge in [-0.2, -0.15) is 0 Å². The van der Waals surface area contributed by atoms with E-state index in [2.05, 4.69) is 104 Å². The summed E-state index contributed by atoms with van der Waals surface area (Å²) in [6.45, 7) is 6.87. The highest BCUT2D eigenvalue weighted by Crippen LogP contribution is 2.42. The molecule has 0 N–H and O–H groups in total. The van der Waals surface area contributed by atoms with Crippen molar-refractivity contribution >= 4 is 18.7 Å². The Kier molecular flexibility index (Phi) is 5.90. The van der Waals surface area contributed by atoms with Crippen molar-refractivity contribution < 1.29 is 4.43 Å². The van der Waals surface area contributed by atoms with Gasteiger partial charge in [-0.1, -0.05) is 98.7 Å². The first kappa shape index (κ1) is 21.2. The van der Waals surface area contributed by atoms with Gasteiger partial charge in [-0.3, -0.25) is 0 Å². The Balaban J connectivity index is 1.93. The molecule has 0 fully saturated rings. The van der Waals surface area contributed by atoms with Crippen LogP contribution < -0.4 is 14.8 Å². The highest BCUT2D eigenvalue weighted by Gasteiger charge is 2.52. The summed E-state index contributed by atoms with van der Waals surface area (Å²) in [7, 11) is -2.69. The van der Waals surface area contributed by atoms with E-state index in [1.807, 2.05) is 6.07 Å². The maximum atomic E-state index is 9.04. The lowest BCUT2D eigenvalue weighted by atomic mass is 9.87. The molecule has 4 rings (SSSR count). The second-order valence-corrected chi connectivity index (χ2v) is 13.4. The van der Waals surface area contributed by atoms with E-state index in [1.165, 1.54) is 15.9 Å². The molecule has 0 saturated carbocycles. The van der Waals surface area contributed by atoms with E-state index in [1.54, 1.807) is 0 Å².